The van der Waals surface area contributed by atoms with Crippen LogP contribution in [-0.4, -0.2) is 69.6 Å². The second kappa shape index (κ2) is 9.67. The lowest BCUT2D eigenvalue weighted by Gasteiger charge is -2.14. The molecule has 0 spiro atoms. The minimum absolute atomic E-state index is 0.123. The van der Waals surface area contributed by atoms with Crippen LogP contribution >= 0.6 is 0 Å². The van der Waals surface area contributed by atoms with E-state index in [1.54, 1.807) is 19.4 Å². The Hall–Kier alpha value is -1.41. The lowest BCUT2D eigenvalue weighted by atomic mass is 10.1. The predicted octanol–water partition coefficient (Wildman–Crippen LogP) is 1.02. The zero-order valence-corrected chi connectivity index (χ0v) is 13.5. The molecule has 2 rings (SSSR count). The van der Waals surface area contributed by atoms with E-state index < -0.39 is 0 Å². The SMILES string of the molecule is COCCOCCOCCOCC1(c2nccc(C=O)n2)CC1. The molecule has 7 nitrogen and oxygen atoms in total. The summed E-state index contributed by atoms with van der Waals surface area (Å²) in [7, 11) is 1.64. The molecule has 0 atom stereocenters. The van der Waals surface area contributed by atoms with Crippen molar-refractivity contribution in [3.8, 4) is 0 Å². The fourth-order valence-electron chi connectivity index (χ4n) is 2.13. The van der Waals surface area contributed by atoms with Crippen LogP contribution in [0.15, 0.2) is 12.3 Å². The molecule has 0 unspecified atom stereocenters. The number of methoxy groups -OCH3 is 1. The topological polar surface area (TPSA) is 79.8 Å². The molecule has 0 aliphatic heterocycles. The molecular weight excluding hydrogens is 300 g/mol. The third-order valence-corrected chi connectivity index (χ3v) is 3.68. The fourth-order valence-corrected chi connectivity index (χ4v) is 2.13. The van der Waals surface area contributed by atoms with Gasteiger partial charge in [-0.3, -0.25) is 4.79 Å². The van der Waals surface area contributed by atoms with Crippen molar-refractivity contribution < 1.29 is 23.7 Å². The molecule has 128 valence electrons. The lowest BCUT2D eigenvalue weighted by molar-refractivity contribution is 0.000415. The van der Waals surface area contributed by atoms with Crippen molar-refractivity contribution in [3.05, 3.63) is 23.8 Å². The zero-order chi connectivity index (χ0) is 16.4. The summed E-state index contributed by atoms with van der Waals surface area (Å²) in [5.41, 5.74) is 0.292. The number of rotatable bonds is 13. The van der Waals surface area contributed by atoms with Gasteiger partial charge in [0.1, 0.15) is 11.5 Å². The maximum absolute atomic E-state index is 10.8. The number of nitrogens with zero attached hydrogens (tertiary/aromatic N) is 2. The molecule has 1 fully saturated rings. The van der Waals surface area contributed by atoms with E-state index >= 15 is 0 Å². The van der Waals surface area contributed by atoms with E-state index in [1.807, 2.05) is 0 Å². The van der Waals surface area contributed by atoms with Crippen molar-refractivity contribution in [1.29, 1.82) is 0 Å². The van der Waals surface area contributed by atoms with E-state index in [4.69, 9.17) is 18.9 Å². The normalized spacial score (nSPS) is 15.5. The molecule has 7 heteroatoms. The summed E-state index contributed by atoms with van der Waals surface area (Å²) in [6, 6.07) is 1.61. The Bertz CT molecular complexity index is 479. The minimum atomic E-state index is -0.123. The highest BCUT2D eigenvalue weighted by molar-refractivity contribution is 5.71. The van der Waals surface area contributed by atoms with Crippen LogP contribution in [0.5, 0.6) is 0 Å². The minimum Gasteiger partial charge on any atom is -0.382 e. The molecule has 1 saturated carbocycles. The van der Waals surface area contributed by atoms with E-state index in [1.165, 1.54) is 0 Å². The first-order chi connectivity index (χ1) is 11.3. The van der Waals surface area contributed by atoms with Gasteiger partial charge in [-0.1, -0.05) is 0 Å². The van der Waals surface area contributed by atoms with Gasteiger partial charge in [-0.25, -0.2) is 9.97 Å². The Morgan fingerprint density at radius 2 is 1.74 bits per heavy atom. The monoisotopic (exact) mass is 324 g/mol. The largest absolute Gasteiger partial charge is 0.382 e. The summed E-state index contributed by atoms with van der Waals surface area (Å²) in [5, 5.41) is 0. The number of aromatic nitrogens is 2. The smallest absolute Gasteiger partial charge is 0.168 e. The summed E-state index contributed by atoms with van der Waals surface area (Å²) < 4.78 is 21.3. The Kier molecular flexibility index (Phi) is 7.54. The van der Waals surface area contributed by atoms with Crippen molar-refractivity contribution in [2.24, 2.45) is 0 Å². The number of carbonyl (C=O) groups excluding carboxylic acids is 1. The first kappa shape index (κ1) is 17.9. The fraction of sp³-hybridized carbons (Fsp3) is 0.688. The van der Waals surface area contributed by atoms with Crippen molar-refractivity contribution in [2.75, 3.05) is 53.4 Å². The van der Waals surface area contributed by atoms with Gasteiger partial charge in [-0.15, -0.1) is 0 Å². The standard InChI is InChI=1S/C16H24N2O5/c1-20-6-7-21-8-9-22-10-11-23-13-16(3-4-16)15-17-5-2-14(12-19)18-15/h2,5,12H,3-4,6-11,13H2,1H3. The van der Waals surface area contributed by atoms with Crippen LogP contribution < -0.4 is 0 Å². The molecular formula is C16H24N2O5. The van der Waals surface area contributed by atoms with E-state index in [-0.39, 0.29) is 5.41 Å². The second-order valence-electron chi connectivity index (χ2n) is 5.47. The highest BCUT2D eigenvalue weighted by Crippen LogP contribution is 2.46. The molecule has 1 aromatic rings. The highest BCUT2D eigenvalue weighted by Gasteiger charge is 2.47. The van der Waals surface area contributed by atoms with Crippen molar-refractivity contribution in [3.63, 3.8) is 0 Å². The van der Waals surface area contributed by atoms with Gasteiger partial charge in [0.2, 0.25) is 0 Å². The van der Waals surface area contributed by atoms with Crippen LogP contribution in [0.25, 0.3) is 0 Å². The Balaban J connectivity index is 1.56. The maximum Gasteiger partial charge on any atom is 0.168 e. The highest BCUT2D eigenvalue weighted by atomic mass is 16.6. The van der Waals surface area contributed by atoms with Crippen molar-refractivity contribution >= 4 is 6.29 Å². The molecule has 1 aromatic heterocycles. The Morgan fingerprint density at radius 1 is 1.09 bits per heavy atom. The molecule has 0 radical (unpaired) electrons. The molecule has 23 heavy (non-hydrogen) atoms. The molecule has 1 aliphatic rings. The number of hydrogen-bond acceptors (Lipinski definition) is 7. The third-order valence-electron chi connectivity index (χ3n) is 3.68. The molecule has 0 saturated heterocycles. The first-order valence-corrected chi connectivity index (χ1v) is 7.82. The first-order valence-electron chi connectivity index (χ1n) is 7.82. The maximum atomic E-state index is 10.8. The number of ether oxygens (including phenoxy) is 4. The average Bonchev–Trinajstić information content (AvgIpc) is 3.38. The van der Waals surface area contributed by atoms with Gasteiger partial charge in [-0.05, 0) is 18.9 Å². The molecule has 0 aromatic carbocycles. The zero-order valence-electron chi connectivity index (χ0n) is 13.5. The van der Waals surface area contributed by atoms with Gasteiger partial charge >= 0.3 is 0 Å². The average molecular weight is 324 g/mol. The van der Waals surface area contributed by atoms with Gasteiger partial charge < -0.3 is 18.9 Å². The summed E-state index contributed by atoms with van der Waals surface area (Å²) in [4.78, 5) is 19.3. The van der Waals surface area contributed by atoms with Crippen LogP contribution in [0.1, 0.15) is 29.2 Å². The third kappa shape index (κ3) is 5.95. The van der Waals surface area contributed by atoms with Crippen LogP contribution in [0, 0.1) is 0 Å². The number of carbonyl (C=O) groups is 1. The van der Waals surface area contributed by atoms with Gasteiger partial charge in [0.05, 0.1) is 51.7 Å². The molecule has 1 heterocycles. The van der Waals surface area contributed by atoms with Crippen molar-refractivity contribution in [1.82, 2.24) is 9.97 Å². The van der Waals surface area contributed by atoms with Crippen LogP contribution in [-0.2, 0) is 24.4 Å². The van der Waals surface area contributed by atoms with Crippen LogP contribution in [0.2, 0.25) is 0 Å². The van der Waals surface area contributed by atoms with Crippen LogP contribution in [0.3, 0.4) is 0 Å². The quantitative estimate of drug-likeness (QED) is 0.396. The van der Waals surface area contributed by atoms with Gasteiger partial charge in [-0.2, -0.15) is 0 Å². The molecule has 1 aliphatic carbocycles. The van der Waals surface area contributed by atoms with E-state index in [2.05, 4.69) is 9.97 Å². The summed E-state index contributed by atoms with van der Waals surface area (Å²) >= 11 is 0. The van der Waals surface area contributed by atoms with Crippen LogP contribution in [0.4, 0.5) is 0 Å². The van der Waals surface area contributed by atoms with E-state index in [0.29, 0.717) is 57.8 Å². The van der Waals surface area contributed by atoms with Gasteiger partial charge in [0, 0.05) is 13.3 Å². The molecule has 0 amide bonds. The van der Waals surface area contributed by atoms with E-state index in [0.717, 1.165) is 19.1 Å². The van der Waals surface area contributed by atoms with Gasteiger partial charge in [0.15, 0.2) is 6.29 Å². The molecule has 0 bridgehead atoms. The lowest BCUT2D eigenvalue weighted by Crippen LogP contribution is -2.21. The van der Waals surface area contributed by atoms with Crippen molar-refractivity contribution in [2.45, 2.75) is 18.3 Å². The number of hydrogen-bond donors (Lipinski definition) is 0. The van der Waals surface area contributed by atoms with Gasteiger partial charge in [0.25, 0.3) is 0 Å². The predicted molar refractivity (Wildman–Crippen MR) is 82.7 cm³/mol. The second-order valence-corrected chi connectivity index (χ2v) is 5.47. The summed E-state index contributed by atoms with van der Waals surface area (Å²) in [6.45, 7) is 3.88. The molecule has 0 N–H and O–H groups in total. The number of aldehydes is 1. The van der Waals surface area contributed by atoms with E-state index in [9.17, 15) is 4.79 Å². The summed E-state index contributed by atoms with van der Waals surface area (Å²) in [5.74, 6) is 0.703. The summed E-state index contributed by atoms with van der Waals surface area (Å²) in [6.07, 6.45) is 4.34. The Labute approximate surface area is 136 Å². The Morgan fingerprint density at radius 3 is 2.35 bits per heavy atom.